The molecule has 0 fully saturated rings. The maximum Gasteiger partial charge on any atom is 0.260 e. The predicted molar refractivity (Wildman–Crippen MR) is 77.6 cm³/mol. The van der Waals surface area contributed by atoms with Crippen LogP contribution in [0.5, 0.6) is 0 Å². The molecule has 0 aliphatic heterocycles. The van der Waals surface area contributed by atoms with E-state index in [-0.39, 0.29) is 5.13 Å². The van der Waals surface area contributed by atoms with E-state index in [2.05, 4.69) is 10.3 Å². The standard InChI is InChI=1S/C15H12F4N2OS/c16-8-6-7(11(17)13(19)12(8)18)14(22)21-15-20-9-4-2-1-3-5-10(9)23-15/h6H,1-5H2,(H,20,21,22). The monoisotopic (exact) mass is 344 g/mol. The van der Waals surface area contributed by atoms with Crippen molar-refractivity contribution in [2.45, 2.75) is 32.1 Å². The fourth-order valence-electron chi connectivity index (χ4n) is 2.48. The maximum atomic E-state index is 13.6. The van der Waals surface area contributed by atoms with E-state index in [1.807, 2.05) is 0 Å². The number of rotatable bonds is 2. The quantitative estimate of drug-likeness (QED) is 0.384. The van der Waals surface area contributed by atoms with Gasteiger partial charge in [0, 0.05) is 4.88 Å². The number of nitrogens with zero attached hydrogens (tertiary/aromatic N) is 1. The number of nitrogens with one attached hydrogen (secondary N) is 1. The fraction of sp³-hybridized carbons (Fsp3) is 0.333. The molecule has 2 aromatic rings. The molecular formula is C15H12F4N2OS. The molecular weight excluding hydrogens is 332 g/mol. The van der Waals surface area contributed by atoms with Crippen molar-refractivity contribution in [1.82, 2.24) is 4.98 Å². The summed E-state index contributed by atoms with van der Waals surface area (Å²) in [6.07, 6.45) is 4.82. The molecule has 1 aliphatic carbocycles. The first-order chi connectivity index (χ1) is 11.0. The largest absolute Gasteiger partial charge is 0.298 e. The van der Waals surface area contributed by atoms with Gasteiger partial charge in [0.15, 0.2) is 28.4 Å². The highest BCUT2D eigenvalue weighted by atomic mass is 32.1. The van der Waals surface area contributed by atoms with Crippen LogP contribution in [0.15, 0.2) is 6.07 Å². The van der Waals surface area contributed by atoms with Gasteiger partial charge < -0.3 is 0 Å². The van der Waals surface area contributed by atoms with Crippen LogP contribution >= 0.6 is 11.3 Å². The number of halogens is 4. The van der Waals surface area contributed by atoms with Gasteiger partial charge >= 0.3 is 0 Å². The lowest BCUT2D eigenvalue weighted by molar-refractivity contribution is 0.102. The smallest absolute Gasteiger partial charge is 0.260 e. The molecule has 0 saturated carbocycles. The van der Waals surface area contributed by atoms with E-state index in [1.165, 1.54) is 11.3 Å². The minimum atomic E-state index is -2.01. The lowest BCUT2D eigenvalue weighted by Crippen LogP contribution is -2.16. The van der Waals surface area contributed by atoms with Gasteiger partial charge in [0.2, 0.25) is 0 Å². The van der Waals surface area contributed by atoms with Crippen LogP contribution in [-0.4, -0.2) is 10.9 Å². The van der Waals surface area contributed by atoms with Crippen LogP contribution < -0.4 is 5.32 Å². The third-order valence-corrected chi connectivity index (χ3v) is 4.74. The van der Waals surface area contributed by atoms with E-state index in [1.54, 1.807) is 0 Å². The summed E-state index contributed by atoms with van der Waals surface area (Å²) < 4.78 is 52.9. The molecule has 1 aromatic carbocycles. The van der Waals surface area contributed by atoms with Crippen molar-refractivity contribution in [2.75, 3.05) is 5.32 Å². The van der Waals surface area contributed by atoms with Crippen LogP contribution in [0.4, 0.5) is 22.7 Å². The second-order valence-corrected chi connectivity index (χ2v) is 6.34. The molecule has 3 rings (SSSR count). The number of hydrogen-bond acceptors (Lipinski definition) is 3. The molecule has 0 atom stereocenters. The number of benzene rings is 1. The van der Waals surface area contributed by atoms with Crippen molar-refractivity contribution in [3.63, 3.8) is 0 Å². The fourth-order valence-corrected chi connectivity index (χ4v) is 3.53. The first kappa shape index (κ1) is 15.9. The second kappa shape index (κ2) is 6.27. The van der Waals surface area contributed by atoms with E-state index in [0.29, 0.717) is 6.07 Å². The molecule has 8 heteroatoms. The summed E-state index contributed by atoms with van der Waals surface area (Å²) in [5, 5.41) is 2.57. The Bertz CT molecular complexity index is 752. The third kappa shape index (κ3) is 3.08. The Balaban J connectivity index is 1.85. The number of anilines is 1. The highest BCUT2D eigenvalue weighted by Crippen LogP contribution is 2.29. The first-order valence-electron chi connectivity index (χ1n) is 7.10. The lowest BCUT2D eigenvalue weighted by atomic mass is 10.1. The van der Waals surface area contributed by atoms with Crippen LogP contribution in [0.25, 0.3) is 0 Å². The maximum absolute atomic E-state index is 13.6. The summed E-state index contributed by atoms with van der Waals surface area (Å²) in [5.74, 6) is -8.36. The second-order valence-electron chi connectivity index (χ2n) is 5.25. The van der Waals surface area contributed by atoms with Gasteiger partial charge in [-0.05, 0) is 31.7 Å². The zero-order chi connectivity index (χ0) is 16.6. The van der Waals surface area contributed by atoms with Crippen molar-refractivity contribution in [2.24, 2.45) is 0 Å². The molecule has 0 unspecified atom stereocenters. The molecule has 3 nitrogen and oxygen atoms in total. The Labute approximate surface area is 133 Å². The number of thiazole rings is 1. The summed E-state index contributed by atoms with van der Waals surface area (Å²) in [6, 6.07) is 0.335. The van der Waals surface area contributed by atoms with Gasteiger partial charge in [-0.25, -0.2) is 22.5 Å². The van der Waals surface area contributed by atoms with Crippen molar-refractivity contribution in [3.8, 4) is 0 Å². The topological polar surface area (TPSA) is 42.0 Å². The molecule has 23 heavy (non-hydrogen) atoms. The number of carbonyl (C=O) groups excluding carboxylic acids is 1. The van der Waals surface area contributed by atoms with Gasteiger partial charge in [0.05, 0.1) is 11.3 Å². The van der Waals surface area contributed by atoms with E-state index in [4.69, 9.17) is 0 Å². The lowest BCUT2D eigenvalue weighted by Gasteiger charge is -2.05. The number of hydrogen-bond donors (Lipinski definition) is 1. The summed E-state index contributed by atoms with van der Waals surface area (Å²) >= 11 is 1.26. The molecule has 1 N–H and O–H groups in total. The Kier molecular flexibility index (Phi) is 4.34. The van der Waals surface area contributed by atoms with E-state index < -0.39 is 34.7 Å². The predicted octanol–water partition coefficient (Wildman–Crippen LogP) is 4.22. The summed E-state index contributed by atoms with van der Waals surface area (Å²) in [5.41, 5.74) is -0.00784. The molecule has 0 saturated heterocycles. The van der Waals surface area contributed by atoms with Gasteiger partial charge in [0.25, 0.3) is 5.91 Å². The van der Waals surface area contributed by atoms with Crippen LogP contribution in [0.3, 0.4) is 0 Å². The minimum absolute atomic E-state index is 0.242. The van der Waals surface area contributed by atoms with Crippen molar-refractivity contribution in [3.05, 3.63) is 45.5 Å². The molecule has 1 aromatic heterocycles. The van der Waals surface area contributed by atoms with Crippen LogP contribution in [0.2, 0.25) is 0 Å². The van der Waals surface area contributed by atoms with Gasteiger partial charge in [-0.2, -0.15) is 0 Å². The van der Waals surface area contributed by atoms with Crippen LogP contribution in [0, 0.1) is 23.3 Å². The van der Waals surface area contributed by atoms with Gasteiger partial charge in [-0.3, -0.25) is 10.1 Å². The highest BCUT2D eigenvalue weighted by Gasteiger charge is 2.24. The molecule has 122 valence electrons. The third-order valence-electron chi connectivity index (χ3n) is 3.66. The van der Waals surface area contributed by atoms with E-state index in [9.17, 15) is 22.4 Å². The van der Waals surface area contributed by atoms with Crippen molar-refractivity contribution in [1.29, 1.82) is 0 Å². The highest BCUT2D eigenvalue weighted by molar-refractivity contribution is 7.15. The number of aromatic nitrogens is 1. The zero-order valence-electron chi connectivity index (χ0n) is 11.9. The SMILES string of the molecule is O=C(Nc1nc2c(s1)CCCCC2)c1cc(F)c(F)c(F)c1F. The average Bonchev–Trinajstić information content (AvgIpc) is 2.77. The first-order valence-corrected chi connectivity index (χ1v) is 7.92. The van der Waals surface area contributed by atoms with Crippen molar-refractivity contribution < 1.29 is 22.4 Å². The van der Waals surface area contributed by atoms with Gasteiger partial charge in [0.1, 0.15) is 0 Å². The average molecular weight is 344 g/mol. The van der Waals surface area contributed by atoms with Crippen LogP contribution in [0.1, 0.15) is 40.2 Å². The molecule has 1 amide bonds. The Morgan fingerprint density at radius 1 is 1.04 bits per heavy atom. The van der Waals surface area contributed by atoms with E-state index >= 15 is 0 Å². The molecule has 0 bridgehead atoms. The summed E-state index contributed by atoms with van der Waals surface area (Å²) in [4.78, 5) is 17.3. The number of fused-ring (bicyclic) bond motifs is 1. The molecule has 0 spiro atoms. The number of amides is 1. The normalized spacial score (nSPS) is 14.3. The zero-order valence-corrected chi connectivity index (χ0v) is 12.7. The van der Waals surface area contributed by atoms with Crippen LogP contribution in [-0.2, 0) is 12.8 Å². The summed E-state index contributed by atoms with van der Waals surface area (Å²) in [6.45, 7) is 0. The van der Waals surface area contributed by atoms with E-state index in [0.717, 1.165) is 42.7 Å². The Hall–Kier alpha value is -1.96. The summed E-state index contributed by atoms with van der Waals surface area (Å²) in [7, 11) is 0. The van der Waals surface area contributed by atoms with Crippen molar-refractivity contribution >= 4 is 22.4 Å². The number of carbonyl (C=O) groups is 1. The van der Waals surface area contributed by atoms with Gasteiger partial charge in [-0.1, -0.05) is 6.42 Å². The molecule has 0 radical (unpaired) electrons. The Morgan fingerprint density at radius 3 is 2.57 bits per heavy atom. The minimum Gasteiger partial charge on any atom is -0.298 e. The molecule has 1 heterocycles. The Morgan fingerprint density at radius 2 is 1.78 bits per heavy atom. The molecule has 1 aliphatic rings. The number of aryl methyl sites for hydroxylation is 2. The van der Waals surface area contributed by atoms with Gasteiger partial charge in [-0.15, -0.1) is 11.3 Å².